The zero-order chi connectivity index (χ0) is 19.2. The van der Waals surface area contributed by atoms with Crippen LogP contribution in [0.1, 0.15) is 18.4 Å². The molecular formula is C21H27Cl2N3O. The lowest BCUT2D eigenvalue weighted by atomic mass is 10.2. The number of hydrogen-bond acceptors (Lipinski definition) is 4. The molecule has 1 fully saturated rings. The summed E-state index contributed by atoms with van der Waals surface area (Å²) in [6.45, 7) is 7.84. The lowest BCUT2D eigenvalue weighted by Crippen LogP contribution is -2.46. The molecule has 146 valence electrons. The lowest BCUT2D eigenvalue weighted by Gasteiger charge is -2.36. The van der Waals surface area contributed by atoms with Crippen LogP contribution in [0, 0.1) is 6.92 Å². The van der Waals surface area contributed by atoms with Crippen molar-refractivity contribution in [2.75, 3.05) is 50.0 Å². The predicted molar refractivity (Wildman–Crippen MR) is 115 cm³/mol. The number of nitrogens with two attached hydrogens (primary N) is 1. The molecule has 1 aliphatic heterocycles. The van der Waals surface area contributed by atoms with Gasteiger partial charge in [0.2, 0.25) is 0 Å². The first kappa shape index (κ1) is 20.1. The van der Waals surface area contributed by atoms with Crippen molar-refractivity contribution in [3.63, 3.8) is 0 Å². The van der Waals surface area contributed by atoms with Gasteiger partial charge >= 0.3 is 0 Å². The summed E-state index contributed by atoms with van der Waals surface area (Å²) in [7, 11) is 0. The average Bonchev–Trinajstić information content (AvgIpc) is 2.67. The quantitative estimate of drug-likeness (QED) is 0.525. The van der Waals surface area contributed by atoms with Gasteiger partial charge in [0.15, 0.2) is 0 Å². The van der Waals surface area contributed by atoms with E-state index in [1.807, 2.05) is 43.3 Å². The Morgan fingerprint density at radius 3 is 2.56 bits per heavy atom. The van der Waals surface area contributed by atoms with E-state index in [2.05, 4.69) is 9.80 Å². The van der Waals surface area contributed by atoms with Crippen LogP contribution in [0.2, 0.25) is 10.0 Å². The van der Waals surface area contributed by atoms with Gasteiger partial charge in [-0.25, -0.2) is 0 Å². The number of benzene rings is 2. The molecule has 1 aliphatic rings. The summed E-state index contributed by atoms with van der Waals surface area (Å²) in [6, 6.07) is 11.7. The van der Waals surface area contributed by atoms with E-state index in [1.54, 1.807) is 0 Å². The van der Waals surface area contributed by atoms with Crippen LogP contribution in [0.4, 0.5) is 11.4 Å². The third-order valence-electron chi connectivity index (χ3n) is 5.03. The molecule has 0 aromatic heterocycles. The molecule has 0 spiro atoms. The van der Waals surface area contributed by atoms with Gasteiger partial charge in [0.05, 0.1) is 22.3 Å². The molecule has 1 heterocycles. The number of ether oxygens (including phenoxy) is 1. The van der Waals surface area contributed by atoms with Crippen molar-refractivity contribution in [2.24, 2.45) is 0 Å². The normalized spacial score (nSPS) is 15.1. The maximum atomic E-state index is 6.34. The van der Waals surface area contributed by atoms with E-state index < -0.39 is 0 Å². The zero-order valence-electron chi connectivity index (χ0n) is 15.8. The van der Waals surface area contributed by atoms with Crippen molar-refractivity contribution < 1.29 is 4.74 Å². The van der Waals surface area contributed by atoms with Crippen LogP contribution in [-0.2, 0) is 0 Å². The minimum Gasteiger partial charge on any atom is -0.494 e. The third kappa shape index (κ3) is 5.44. The molecule has 2 aromatic rings. The van der Waals surface area contributed by atoms with Gasteiger partial charge < -0.3 is 15.4 Å². The Balaban J connectivity index is 1.35. The van der Waals surface area contributed by atoms with Gasteiger partial charge in [-0.2, -0.15) is 0 Å². The highest BCUT2D eigenvalue weighted by Gasteiger charge is 2.19. The maximum Gasteiger partial charge on any atom is 0.121 e. The van der Waals surface area contributed by atoms with Crippen LogP contribution in [0.3, 0.4) is 0 Å². The number of halogens is 2. The number of piperazine rings is 1. The second-order valence-electron chi connectivity index (χ2n) is 6.98. The van der Waals surface area contributed by atoms with E-state index in [1.165, 1.54) is 0 Å². The molecule has 0 atom stereocenters. The summed E-state index contributed by atoms with van der Waals surface area (Å²) in [6.07, 6.45) is 2.16. The Kier molecular flexibility index (Phi) is 7.11. The average molecular weight is 408 g/mol. The van der Waals surface area contributed by atoms with E-state index in [9.17, 15) is 0 Å². The third-order valence-corrected chi connectivity index (χ3v) is 5.84. The number of nitrogens with zero attached hydrogens (tertiary/aromatic N) is 2. The van der Waals surface area contributed by atoms with Gasteiger partial charge in [-0.05, 0) is 50.1 Å². The van der Waals surface area contributed by atoms with E-state index >= 15 is 0 Å². The smallest absolute Gasteiger partial charge is 0.121 e. The Labute approximate surface area is 171 Å². The molecular weight excluding hydrogens is 381 g/mol. The molecule has 6 heteroatoms. The van der Waals surface area contributed by atoms with E-state index in [-0.39, 0.29) is 0 Å². The van der Waals surface area contributed by atoms with Gasteiger partial charge in [-0.1, -0.05) is 35.3 Å². The minimum absolute atomic E-state index is 0.618. The van der Waals surface area contributed by atoms with Gasteiger partial charge in [0.1, 0.15) is 5.75 Å². The summed E-state index contributed by atoms with van der Waals surface area (Å²) >= 11 is 12.5. The molecule has 1 saturated heterocycles. The van der Waals surface area contributed by atoms with Crippen LogP contribution >= 0.6 is 23.2 Å². The molecule has 0 unspecified atom stereocenters. The highest BCUT2D eigenvalue weighted by Crippen LogP contribution is 2.32. The number of aryl methyl sites for hydroxylation is 1. The SMILES string of the molecule is Cc1ccc(OCCCCN2CCN(c3cccc(Cl)c3Cl)CC2)cc1N. The first-order valence-electron chi connectivity index (χ1n) is 9.45. The van der Waals surface area contributed by atoms with Crippen molar-refractivity contribution in [1.82, 2.24) is 4.90 Å². The topological polar surface area (TPSA) is 41.7 Å². The Hall–Kier alpha value is -1.62. The summed E-state index contributed by atoms with van der Waals surface area (Å²) in [5, 5.41) is 1.27. The number of rotatable bonds is 7. The van der Waals surface area contributed by atoms with Gasteiger partial charge in [0, 0.05) is 37.9 Å². The van der Waals surface area contributed by atoms with E-state index in [4.69, 9.17) is 33.7 Å². The standard InChI is InChI=1S/C21H27Cl2N3O/c1-16-7-8-17(15-19(16)24)27-14-3-2-9-25-10-12-26(13-11-25)20-6-4-5-18(22)21(20)23/h4-8,15H,2-3,9-14,24H2,1H3. The molecule has 0 amide bonds. The largest absolute Gasteiger partial charge is 0.494 e. The van der Waals surface area contributed by atoms with Gasteiger partial charge in [-0.3, -0.25) is 4.90 Å². The first-order chi connectivity index (χ1) is 13.0. The summed E-state index contributed by atoms with van der Waals surface area (Å²) in [5.41, 5.74) is 8.82. The number of hydrogen-bond donors (Lipinski definition) is 1. The maximum absolute atomic E-state index is 6.34. The van der Waals surface area contributed by atoms with Crippen LogP contribution < -0.4 is 15.4 Å². The van der Waals surface area contributed by atoms with Crippen molar-refractivity contribution in [1.29, 1.82) is 0 Å². The number of unbranched alkanes of at least 4 members (excludes halogenated alkanes) is 1. The second-order valence-corrected chi connectivity index (χ2v) is 7.76. The molecule has 0 aliphatic carbocycles. The Morgan fingerprint density at radius 1 is 1.04 bits per heavy atom. The molecule has 2 N–H and O–H groups in total. The van der Waals surface area contributed by atoms with Crippen LogP contribution in [0.25, 0.3) is 0 Å². The van der Waals surface area contributed by atoms with Crippen LogP contribution in [0.5, 0.6) is 5.75 Å². The number of anilines is 2. The second kappa shape index (κ2) is 9.54. The van der Waals surface area contributed by atoms with Gasteiger partial charge in [-0.15, -0.1) is 0 Å². The van der Waals surface area contributed by atoms with Gasteiger partial charge in [0.25, 0.3) is 0 Å². The molecule has 3 rings (SSSR count). The molecule has 0 radical (unpaired) electrons. The van der Waals surface area contributed by atoms with E-state index in [0.717, 1.165) is 74.9 Å². The fraction of sp³-hybridized carbons (Fsp3) is 0.429. The van der Waals surface area contributed by atoms with Crippen molar-refractivity contribution in [3.05, 3.63) is 52.0 Å². The van der Waals surface area contributed by atoms with Crippen LogP contribution in [-0.4, -0.2) is 44.2 Å². The van der Waals surface area contributed by atoms with Crippen LogP contribution in [0.15, 0.2) is 36.4 Å². The monoisotopic (exact) mass is 407 g/mol. The summed E-state index contributed by atoms with van der Waals surface area (Å²) in [5.74, 6) is 0.852. The fourth-order valence-corrected chi connectivity index (χ4v) is 3.70. The first-order valence-corrected chi connectivity index (χ1v) is 10.2. The van der Waals surface area contributed by atoms with Crippen molar-refractivity contribution >= 4 is 34.6 Å². The number of nitrogen functional groups attached to an aromatic ring is 1. The Morgan fingerprint density at radius 2 is 1.81 bits per heavy atom. The highest BCUT2D eigenvalue weighted by molar-refractivity contribution is 6.43. The molecule has 0 bridgehead atoms. The zero-order valence-corrected chi connectivity index (χ0v) is 17.3. The minimum atomic E-state index is 0.618. The van der Waals surface area contributed by atoms with Crippen molar-refractivity contribution in [2.45, 2.75) is 19.8 Å². The Bertz CT molecular complexity index is 761. The highest BCUT2D eigenvalue weighted by atomic mass is 35.5. The molecule has 0 saturated carbocycles. The molecule has 4 nitrogen and oxygen atoms in total. The van der Waals surface area contributed by atoms with Crippen molar-refractivity contribution in [3.8, 4) is 5.75 Å². The fourth-order valence-electron chi connectivity index (χ4n) is 3.28. The molecule has 27 heavy (non-hydrogen) atoms. The lowest BCUT2D eigenvalue weighted by molar-refractivity contribution is 0.238. The summed E-state index contributed by atoms with van der Waals surface area (Å²) in [4.78, 5) is 4.81. The summed E-state index contributed by atoms with van der Waals surface area (Å²) < 4.78 is 5.80. The molecule has 2 aromatic carbocycles. The van der Waals surface area contributed by atoms with E-state index in [0.29, 0.717) is 10.0 Å². The predicted octanol–water partition coefficient (Wildman–Crippen LogP) is 4.87.